The lowest BCUT2D eigenvalue weighted by Crippen LogP contribution is -2.68. The molecule has 0 spiro atoms. The van der Waals surface area contributed by atoms with Crippen LogP contribution in [0.25, 0.3) is 0 Å². The average molecular weight is 651 g/mol. The van der Waals surface area contributed by atoms with Crippen molar-refractivity contribution in [1.29, 1.82) is 5.41 Å². The second-order valence-corrected chi connectivity index (χ2v) is 18.3. The molecule has 0 radical (unpaired) electrons. The van der Waals surface area contributed by atoms with E-state index in [1.165, 1.54) is 68.8 Å². The molecular weight excluding hydrogens is 593 g/mol. The summed E-state index contributed by atoms with van der Waals surface area (Å²) in [6, 6.07) is 5.99. The molecule has 9 heteroatoms. The van der Waals surface area contributed by atoms with Crippen LogP contribution in [0.2, 0.25) is 0 Å². The number of nitrogens with one attached hydrogen (secondary N) is 1. The molecule has 0 bridgehead atoms. The molecule has 6 N–H and O–H groups in total. The highest BCUT2D eigenvalue weighted by atomic mass is 32.2. The van der Waals surface area contributed by atoms with Crippen molar-refractivity contribution in [2.45, 2.75) is 134 Å². The van der Waals surface area contributed by atoms with Gasteiger partial charge in [-0.25, -0.2) is 0 Å². The topological polar surface area (TPSA) is 145 Å². The van der Waals surface area contributed by atoms with E-state index in [2.05, 4.69) is 34.6 Å². The zero-order valence-electron chi connectivity index (χ0n) is 27.8. The van der Waals surface area contributed by atoms with Crippen molar-refractivity contribution < 1.29 is 23.2 Å². The van der Waals surface area contributed by atoms with Crippen LogP contribution in [-0.4, -0.2) is 45.3 Å². The average Bonchev–Trinajstić information content (AvgIpc) is 3.27. The van der Waals surface area contributed by atoms with Crippen LogP contribution in [-0.2, 0) is 10.1 Å². The van der Waals surface area contributed by atoms with Gasteiger partial charge in [-0.2, -0.15) is 8.42 Å². The molecule has 7 nitrogen and oxygen atoms in total. The minimum Gasteiger partial charge on any atom is -0.393 e. The minimum absolute atomic E-state index is 0.0666. The third-order valence-corrected chi connectivity index (χ3v) is 14.6. The fourth-order valence-electron chi connectivity index (χ4n) is 10.3. The quantitative estimate of drug-likeness (QED) is 0.117. The Balaban J connectivity index is 0.000000339. The van der Waals surface area contributed by atoms with Crippen LogP contribution in [0.5, 0.6) is 0 Å². The first-order chi connectivity index (χ1) is 20.4. The van der Waals surface area contributed by atoms with Gasteiger partial charge in [0.05, 0.1) is 16.6 Å². The molecular formula is C35H58N2O5S2. The van der Waals surface area contributed by atoms with Crippen LogP contribution in [0.4, 0.5) is 0 Å². The highest BCUT2D eigenvalue weighted by molar-refractivity contribution is 8.14. The number of rotatable bonds is 7. The SMILES string of the molecule is CC(C)CCCC(C)C1CCC2C3CC(SC(=N)N)C4(O)CC(O)CCC4(C)C3CCC12C.Cc1ccc(S(=O)(=O)O)cc1. The number of hydrogen-bond acceptors (Lipinski definition) is 6. The van der Waals surface area contributed by atoms with Gasteiger partial charge in [-0.3, -0.25) is 9.96 Å². The number of hydrogen-bond donors (Lipinski definition) is 5. The fraction of sp³-hybridized carbons (Fsp3) is 0.800. The molecule has 4 aliphatic carbocycles. The number of amidine groups is 1. The summed E-state index contributed by atoms with van der Waals surface area (Å²) >= 11 is 1.37. The molecule has 10 atom stereocenters. The van der Waals surface area contributed by atoms with Crippen molar-refractivity contribution in [3.05, 3.63) is 29.8 Å². The molecule has 4 saturated carbocycles. The molecule has 44 heavy (non-hydrogen) atoms. The Kier molecular flexibility index (Phi) is 11.0. The number of aryl methyl sites for hydroxylation is 1. The fourth-order valence-corrected chi connectivity index (χ4v) is 11.9. The minimum atomic E-state index is -4.02. The van der Waals surface area contributed by atoms with Crippen molar-refractivity contribution in [1.82, 2.24) is 0 Å². The number of thioether (sulfide) groups is 1. The molecule has 5 rings (SSSR count). The maximum atomic E-state index is 12.1. The number of aliphatic hydroxyl groups is 2. The third kappa shape index (κ3) is 7.07. The number of benzene rings is 1. The van der Waals surface area contributed by atoms with E-state index in [4.69, 9.17) is 15.7 Å². The zero-order chi connectivity index (χ0) is 32.7. The molecule has 0 saturated heterocycles. The van der Waals surface area contributed by atoms with Crippen LogP contribution in [0, 0.1) is 58.7 Å². The maximum absolute atomic E-state index is 12.1. The molecule has 1 aromatic carbocycles. The van der Waals surface area contributed by atoms with Gasteiger partial charge < -0.3 is 15.9 Å². The monoisotopic (exact) mass is 650 g/mol. The van der Waals surface area contributed by atoms with Gasteiger partial charge in [-0.15, -0.1) is 0 Å². The van der Waals surface area contributed by atoms with Gasteiger partial charge in [0.15, 0.2) is 5.17 Å². The summed E-state index contributed by atoms with van der Waals surface area (Å²) in [5.41, 5.74) is 6.12. The summed E-state index contributed by atoms with van der Waals surface area (Å²) in [6.07, 6.45) is 11.9. The van der Waals surface area contributed by atoms with E-state index in [9.17, 15) is 18.6 Å². The normalized spacial score (nSPS) is 39.0. The summed E-state index contributed by atoms with van der Waals surface area (Å²) in [7, 11) is -4.02. The van der Waals surface area contributed by atoms with Crippen molar-refractivity contribution in [3.8, 4) is 0 Å². The Morgan fingerprint density at radius 2 is 1.70 bits per heavy atom. The zero-order valence-corrected chi connectivity index (χ0v) is 29.4. The summed E-state index contributed by atoms with van der Waals surface area (Å²) < 4.78 is 29.6. The summed E-state index contributed by atoms with van der Waals surface area (Å²) in [4.78, 5) is -0.0666. The van der Waals surface area contributed by atoms with E-state index in [-0.39, 0.29) is 20.7 Å². The van der Waals surface area contributed by atoms with Crippen LogP contribution in [0.3, 0.4) is 0 Å². The van der Waals surface area contributed by atoms with E-state index in [0.29, 0.717) is 23.7 Å². The van der Waals surface area contributed by atoms with E-state index >= 15 is 0 Å². The second-order valence-electron chi connectivity index (χ2n) is 15.6. The van der Waals surface area contributed by atoms with Gasteiger partial charge in [0.2, 0.25) is 0 Å². The Bertz CT molecular complexity index is 1260. The Morgan fingerprint density at radius 3 is 2.30 bits per heavy atom. The molecule has 0 aromatic heterocycles. The smallest absolute Gasteiger partial charge is 0.294 e. The maximum Gasteiger partial charge on any atom is 0.294 e. The van der Waals surface area contributed by atoms with E-state index < -0.39 is 21.8 Å². The lowest BCUT2D eigenvalue weighted by atomic mass is 9.43. The molecule has 0 aliphatic heterocycles. The molecule has 0 heterocycles. The van der Waals surface area contributed by atoms with E-state index in [1.807, 2.05) is 6.92 Å². The lowest BCUT2D eigenvalue weighted by Gasteiger charge is -2.66. The van der Waals surface area contributed by atoms with Gasteiger partial charge in [0.25, 0.3) is 10.1 Å². The first kappa shape index (κ1) is 35.7. The highest BCUT2D eigenvalue weighted by Gasteiger charge is 2.67. The predicted octanol–water partition coefficient (Wildman–Crippen LogP) is 7.43. The van der Waals surface area contributed by atoms with Crippen LogP contribution in [0.15, 0.2) is 29.2 Å². The number of nitrogens with two attached hydrogens (primary N) is 1. The Labute approximate surface area is 270 Å². The second kappa shape index (κ2) is 13.5. The molecule has 0 amide bonds. The van der Waals surface area contributed by atoms with Crippen molar-refractivity contribution >= 4 is 27.0 Å². The predicted molar refractivity (Wildman–Crippen MR) is 180 cm³/mol. The number of fused-ring (bicyclic) bond motifs is 5. The van der Waals surface area contributed by atoms with Gasteiger partial charge in [-0.1, -0.05) is 83.3 Å². The molecule has 1 aromatic rings. The highest BCUT2D eigenvalue weighted by Crippen LogP contribution is 2.70. The summed E-state index contributed by atoms with van der Waals surface area (Å²) in [5.74, 6) is 4.25. The van der Waals surface area contributed by atoms with Gasteiger partial charge >= 0.3 is 0 Å². The van der Waals surface area contributed by atoms with Crippen LogP contribution >= 0.6 is 11.8 Å². The van der Waals surface area contributed by atoms with Gasteiger partial charge in [0, 0.05) is 17.1 Å². The van der Waals surface area contributed by atoms with Gasteiger partial charge in [-0.05, 0) is 105 Å². The molecule has 10 unspecified atom stereocenters. The first-order valence-corrected chi connectivity index (χ1v) is 19.2. The van der Waals surface area contributed by atoms with E-state index in [0.717, 1.165) is 48.5 Å². The van der Waals surface area contributed by atoms with E-state index in [1.54, 1.807) is 12.1 Å². The Hall–Kier alpha value is -1.13. The van der Waals surface area contributed by atoms with Gasteiger partial charge in [0.1, 0.15) is 0 Å². The van der Waals surface area contributed by atoms with Crippen molar-refractivity contribution in [2.24, 2.45) is 52.1 Å². The summed E-state index contributed by atoms with van der Waals surface area (Å²) in [5, 5.41) is 30.7. The summed E-state index contributed by atoms with van der Waals surface area (Å²) in [6.45, 7) is 13.9. The third-order valence-electron chi connectivity index (χ3n) is 12.6. The standard InChI is InChI=1S/C28H50N2O2S.C7H8O3S/c1-17(2)7-6-8-18(3)21-9-10-22-20-15-24(33-25(29)30)28(32)16-19(31)11-14-27(28,5)23(20)12-13-26(21,22)4;1-6-2-4-7(5-3-6)11(8,9)10/h17-24,31-32H,6-16H2,1-5H3,(H3,29,30);2-5H,1H3,(H,8,9,10). The molecule has 250 valence electrons. The van der Waals surface area contributed by atoms with Crippen LogP contribution < -0.4 is 5.73 Å². The van der Waals surface area contributed by atoms with Crippen molar-refractivity contribution in [2.75, 3.05) is 0 Å². The number of aliphatic hydroxyl groups excluding tert-OH is 1. The van der Waals surface area contributed by atoms with Crippen LogP contribution in [0.1, 0.15) is 111 Å². The van der Waals surface area contributed by atoms with Crippen molar-refractivity contribution in [3.63, 3.8) is 0 Å². The largest absolute Gasteiger partial charge is 0.393 e. The molecule has 4 aliphatic rings. The molecule has 4 fully saturated rings. The first-order valence-electron chi connectivity index (χ1n) is 16.9. The lowest BCUT2D eigenvalue weighted by molar-refractivity contribution is -0.216. The Morgan fingerprint density at radius 1 is 1.05 bits per heavy atom.